The number of carbonyl (C=O) groups is 2. The van der Waals surface area contributed by atoms with Gasteiger partial charge in [0.1, 0.15) is 0 Å². The fraction of sp³-hybridized carbons (Fsp3) is 0.636. The average molecular weight is 377 g/mol. The minimum Gasteiger partial charge on any atom is -0.468 e. The van der Waals surface area contributed by atoms with E-state index in [1.165, 1.54) is 31.2 Å². The molecule has 0 spiro atoms. The molecule has 2 aliphatic rings. The number of carbonyl (C=O) groups excluding carboxylic acids is 2. The van der Waals surface area contributed by atoms with Gasteiger partial charge in [-0.3, -0.25) is 9.59 Å². The zero-order valence-electron chi connectivity index (χ0n) is 16.9. The molecule has 1 aromatic carbocycles. The molecule has 2 fully saturated rings. The summed E-state index contributed by atoms with van der Waals surface area (Å²) in [4.78, 5) is 22.8. The third kappa shape index (κ3) is 8.57. The van der Waals surface area contributed by atoms with E-state index in [0.29, 0.717) is 31.4 Å². The maximum atomic E-state index is 11.5. The Bertz CT molecular complexity index is 522. The molecule has 1 saturated heterocycles. The number of nitrogens with two attached hydrogens (primary N) is 1. The van der Waals surface area contributed by atoms with Crippen molar-refractivity contribution in [1.29, 1.82) is 0 Å². The largest absolute Gasteiger partial charge is 0.468 e. The highest BCUT2D eigenvalue weighted by molar-refractivity contribution is 5.76. The lowest BCUT2D eigenvalue weighted by Gasteiger charge is -2.23. The predicted octanol–water partition coefficient (Wildman–Crippen LogP) is 3.55. The molecule has 0 aromatic heterocycles. The van der Waals surface area contributed by atoms with E-state index in [2.05, 4.69) is 33.9 Å². The Balaban J connectivity index is 0.000000221. The number of benzene rings is 1. The lowest BCUT2D eigenvalue weighted by Crippen LogP contribution is -2.35. The van der Waals surface area contributed by atoms with Crippen LogP contribution < -0.4 is 5.73 Å². The maximum absolute atomic E-state index is 11.5. The first-order chi connectivity index (χ1) is 13.2. The second-order valence-corrected chi connectivity index (χ2v) is 6.92. The molecule has 3 rings (SSSR count). The highest BCUT2D eigenvalue weighted by atomic mass is 16.5. The number of likely N-dealkylation sites (tertiary alicyclic amines) is 1. The van der Waals surface area contributed by atoms with E-state index in [-0.39, 0.29) is 0 Å². The van der Waals surface area contributed by atoms with Gasteiger partial charge in [-0.2, -0.15) is 0 Å². The fourth-order valence-electron chi connectivity index (χ4n) is 3.77. The smallest absolute Gasteiger partial charge is 0.293 e. The molecule has 5 heteroatoms. The van der Waals surface area contributed by atoms with E-state index in [0.717, 1.165) is 31.8 Å². The summed E-state index contributed by atoms with van der Waals surface area (Å²) in [5, 5.41) is 0. The molecule has 152 valence electrons. The topological polar surface area (TPSA) is 72.6 Å². The van der Waals surface area contributed by atoms with Crippen LogP contribution in [0, 0.1) is 5.92 Å². The summed E-state index contributed by atoms with van der Waals surface area (Å²) < 4.78 is 4.15. The summed E-state index contributed by atoms with van der Waals surface area (Å²) in [6.45, 7) is 6.44. The number of fused-ring (bicyclic) bond motifs is 1. The van der Waals surface area contributed by atoms with Crippen molar-refractivity contribution in [1.82, 2.24) is 4.90 Å². The van der Waals surface area contributed by atoms with Crippen LogP contribution in [0.2, 0.25) is 0 Å². The second-order valence-electron chi connectivity index (χ2n) is 6.92. The van der Waals surface area contributed by atoms with Gasteiger partial charge in [0.2, 0.25) is 5.91 Å². The predicted molar refractivity (Wildman–Crippen MR) is 109 cm³/mol. The van der Waals surface area contributed by atoms with Crippen LogP contribution in [0.1, 0.15) is 57.9 Å². The molecule has 27 heavy (non-hydrogen) atoms. The van der Waals surface area contributed by atoms with E-state index < -0.39 is 0 Å². The first kappa shape index (κ1) is 23.2. The Morgan fingerprint density at radius 3 is 2.52 bits per heavy atom. The Kier molecular flexibility index (Phi) is 12.2. The van der Waals surface area contributed by atoms with Crippen LogP contribution in [0.4, 0.5) is 0 Å². The molecule has 0 bridgehead atoms. The molecule has 5 nitrogen and oxygen atoms in total. The molecule has 1 saturated carbocycles. The van der Waals surface area contributed by atoms with Crippen molar-refractivity contribution in [2.75, 3.05) is 19.7 Å². The standard InChI is InChI=1S/C10H17NO.C9H13N.C3H6O2/c1-2-10(12)11-7-6-8-4-3-5-9(8)11;10-8-4-7-9-5-2-1-3-6-9;1-2-5-3-4/h8-9H,2-7H2,1H3;1-3,5-6H,4,7-8,10H2;3H,2H2,1H3. The SMILES string of the molecule is CCC(=O)N1CCC2CCCC21.CCOC=O.NCCCc1ccccc1. The van der Waals surface area contributed by atoms with Crippen LogP contribution in [0.3, 0.4) is 0 Å². The lowest BCUT2D eigenvalue weighted by atomic mass is 10.0. The number of amides is 1. The monoisotopic (exact) mass is 376 g/mol. The van der Waals surface area contributed by atoms with Crippen LogP contribution in [0.25, 0.3) is 0 Å². The van der Waals surface area contributed by atoms with E-state index >= 15 is 0 Å². The molecule has 1 amide bonds. The van der Waals surface area contributed by atoms with Gasteiger partial charge in [-0.1, -0.05) is 43.7 Å². The summed E-state index contributed by atoms with van der Waals surface area (Å²) >= 11 is 0. The van der Waals surface area contributed by atoms with Crippen LogP contribution in [-0.2, 0) is 20.7 Å². The third-order valence-electron chi connectivity index (χ3n) is 5.13. The Hall–Kier alpha value is -1.88. The highest BCUT2D eigenvalue weighted by Gasteiger charge is 2.38. The molecular formula is C22H36N2O3. The van der Waals surface area contributed by atoms with Crippen molar-refractivity contribution in [2.24, 2.45) is 11.7 Å². The van der Waals surface area contributed by atoms with Gasteiger partial charge in [0, 0.05) is 19.0 Å². The van der Waals surface area contributed by atoms with Gasteiger partial charge < -0.3 is 15.4 Å². The summed E-state index contributed by atoms with van der Waals surface area (Å²) in [7, 11) is 0. The summed E-state index contributed by atoms with van der Waals surface area (Å²) in [5.41, 5.74) is 6.76. The maximum Gasteiger partial charge on any atom is 0.293 e. The van der Waals surface area contributed by atoms with Gasteiger partial charge in [0.15, 0.2) is 0 Å². The van der Waals surface area contributed by atoms with Gasteiger partial charge >= 0.3 is 0 Å². The molecule has 1 aliphatic heterocycles. The normalized spacial score (nSPS) is 19.9. The number of rotatable bonds is 6. The van der Waals surface area contributed by atoms with Crippen LogP contribution >= 0.6 is 0 Å². The van der Waals surface area contributed by atoms with Crippen LogP contribution in [0.15, 0.2) is 30.3 Å². The first-order valence-electron chi connectivity index (χ1n) is 10.3. The van der Waals surface area contributed by atoms with Gasteiger partial charge in [0.25, 0.3) is 6.47 Å². The van der Waals surface area contributed by atoms with Gasteiger partial charge in [-0.05, 0) is 57.1 Å². The quantitative estimate of drug-likeness (QED) is 0.771. The Morgan fingerprint density at radius 1 is 1.22 bits per heavy atom. The summed E-state index contributed by atoms with van der Waals surface area (Å²) in [5.74, 6) is 1.21. The second kappa shape index (κ2) is 14.2. The third-order valence-corrected chi connectivity index (χ3v) is 5.13. The van der Waals surface area contributed by atoms with Crippen molar-refractivity contribution < 1.29 is 14.3 Å². The van der Waals surface area contributed by atoms with E-state index in [1.807, 2.05) is 13.0 Å². The van der Waals surface area contributed by atoms with Crippen LogP contribution in [0.5, 0.6) is 0 Å². The van der Waals surface area contributed by atoms with Gasteiger partial charge in [-0.15, -0.1) is 0 Å². The Labute approximate surface area is 164 Å². The lowest BCUT2D eigenvalue weighted by molar-refractivity contribution is -0.132. The first-order valence-corrected chi connectivity index (χ1v) is 10.3. The zero-order chi connectivity index (χ0) is 19.9. The molecule has 1 heterocycles. The molecule has 1 aromatic rings. The fourth-order valence-corrected chi connectivity index (χ4v) is 3.77. The number of nitrogens with zero attached hydrogens (tertiary/aromatic N) is 1. The van der Waals surface area contributed by atoms with Crippen molar-refractivity contribution in [3.63, 3.8) is 0 Å². The Morgan fingerprint density at radius 2 is 1.96 bits per heavy atom. The van der Waals surface area contributed by atoms with E-state index in [1.54, 1.807) is 6.92 Å². The molecule has 2 atom stereocenters. The number of ether oxygens (including phenoxy) is 1. The molecule has 2 N–H and O–H groups in total. The minimum atomic E-state index is 0.365. The molecule has 1 aliphatic carbocycles. The highest BCUT2D eigenvalue weighted by Crippen LogP contribution is 2.37. The molecule has 2 unspecified atom stereocenters. The van der Waals surface area contributed by atoms with Gasteiger partial charge in [-0.25, -0.2) is 0 Å². The van der Waals surface area contributed by atoms with E-state index in [9.17, 15) is 9.59 Å². The van der Waals surface area contributed by atoms with E-state index in [4.69, 9.17) is 5.73 Å². The minimum absolute atomic E-state index is 0.365. The number of hydrogen-bond acceptors (Lipinski definition) is 4. The molecular weight excluding hydrogens is 340 g/mol. The molecule has 0 radical (unpaired) electrons. The zero-order valence-corrected chi connectivity index (χ0v) is 16.9. The van der Waals surface area contributed by atoms with Gasteiger partial charge in [0.05, 0.1) is 6.61 Å². The number of aryl methyl sites for hydroxylation is 1. The van der Waals surface area contributed by atoms with Crippen molar-refractivity contribution in [3.05, 3.63) is 35.9 Å². The van der Waals surface area contributed by atoms with Crippen LogP contribution in [-0.4, -0.2) is 43.0 Å². The van der Waals surface area contributed by atoms with Crippen molar-refractivity contribution in [2.45, 2.75) is 64.8 Å². The summed E-state index contributed by atoms with van der Waals surface area (Å²) in [6, 6.07) is 11.0. The number of hydrogen-bond donors (Lipinski definition) is 1. The van der Waals surface area contributed by atoms with Crippen molar-refractivity contribution >= 4 is 12.4 Å². The van der Waals surface area contributed by atoms with Crippen molar-refractivity contribution in [3.8, 4) is 0 Å². The average Bonchev–Trinajstić information content (AvgIpc) is 3.32. The summed E-state index contributed by atoms with van der Waals surface area (Å²) in [6.07, 6.45) is 8.10.